The van der Waals surface area contributed by atoms with Crippen LogP contribution in [-0.2, 0) is 27.2 Å². The highest BCUT2D eigenvalue weighted by molar-refractivity contribution is 7.98. The smallest absolute Gasteiger partial charge is 0.306 e. The Morgan fingerprint density at radius 1 is 1.24 bits per heavy atom. The number of hydrogen-bond acceptors (Lipinski definition) is 6. The highest BCUT2D eigenvalue weighted by atomic mass is 32.2. The fraction of sp³-hybridized carbons (Fsp3) is 0.455. The molecule has 1 aliphatic heterocycles. The number of esters is 1. The molecular weight excluding hydrogens is 386 g/mol. The first-order valence-corrected chi connectivity index (χ1v) is 11.0. The van der Waals surface area contributed by atoms with Crippen LogP contribution in [0.15, 0.2) is 29.4 Å². The summed E-state index contributed by atoms with van der Waals surface area (Å²) in [6.07, 6.45) is 2.60. The minimum absolute atomic E-state index is 0.0541. The number of carbonyl (C=O) groups excluding carboxylic acids is 2. The van der Waals surface area contributed by atoms with E-state index >= 15 is 0 Å². The third kappa shape index (κ3) is 4.61. The van der Waals surface area contributed by atoms with Crippen LogP contribution < -0.4 is 4.90 Å². The zero-order valence-corrected chi connectivity index (χ0v) is 18.4. The first kappa shape index (κ1) is 21.3. The summed E-state index contributed by atoms with van der Waals surface area (Å²) in [5.74, 6) is -0.574. The summed E-state index contributed by atoms with van der Waals surface area (Å²) in [7, 11) is 0. The molecule has 0 spiro atoms. The number of nitrogens with zero attached hydrogens (tertiary/aromatic N) is 3. The Kier molecular flexibility index (Phi) is 6.57. The van der Waals surface area contributed by atoms with Gasteiger partial charge in [0.05, 0.1) is 0 Å². The van der Waals surface area contributed by atoms with Crippen LogP contribution in [-0.4, -0.2) is 40.2 Å². The average molecular weight is 414 g/mol. The summed E-state index contributed by atoms with van der Waals surface area (Å²) in [5, 5.41) is 0.727. The van der Waals surface area contributed by atoms with E-state index in [9.17, 15) is 9.59 Å². The number of benzene rings is 1. The molecule has 1 aromatic carbocycles. The average Bonchev–Trinajstić information content (AvgIpc) is 3.02. The molecule has 6 nitrogen and oxygen atoms in total. The van der Waals surface area contributed by atoms with Gasteiger partial charge in [-0.2, -0.15) is 0 Å². The first-order valence-electron chi connectivity index (χ1n) is 9.80. The van der Waals surface area contributed by atoms with Crippen LogP contribution >= 0.6 is 11.8 Å². The maximum atomic E-state index is 12.9. The number of thioether (sulfide) groups is 1. The van der Waals surface area contributed by atoms with Gasteiger partial charge in [0.25, 0.3) is 5.91 Å². The van der Waals surface area contributed by atoms with E-state index in [1.807, 2.05) is 51.3 Å². The van der Waals surface area contributed by atoms with Gasteiger partial charge in [-0.15, -0.1) is 0 Å². The summed E-state index contributed by atoms with van der Waals surface area (Å²) in [6, 6.07) is 7.92. The molecule has 0 saturated heterocycles. The standard InChI is InChI=1S/C22H27N3O3S/c1-13-12-17-8-6-7-9-19(17)25(13)21(27)16(4)28-20(26)11-10-18-14(2)23-22(29-5)24-15(18)3/h6-9,13,16H,10-12H2,1-5H3/t13-,16+/m0/s1. The molecule has 2 atom stereocenters. The monoisotopic (exact) mass is 413 g/mol. The van der Waals surface area contributed by atoms with Gasteiger partial charge in [-0.3, -0.25) is 9.59 Å². The third-order valence-corrected chi connectivity index (χ3v) is 5.81. The van der Waals surface area contributed by atoms with Crippen molar-refractivity contribution in [1.82, 2.24) is 9.97 Å². The molecule has 0 fully saturated rings. The van der Waals surface area contributed by atoms with Gasteiger partial charge in [-0.05, 0) is 64.0 Å². The summed E-state index contributed by atoms with van der Waals surface area (Å²) in [6.45, 7) is 7.50. The summed E-state index contributed by atoms with van der Waals surface area (Å²) < 4.78 is 5.46. The lowest BCUT2D eigenvalue weighted by Crippen LogP contribution is -2.43. The van der Waals surface area contributed by atoms with Crippen molar-refractivity contribution in [2.45, 2.75) is 64.3 Å². The first-order chi connectivity index (χ1) is 13.8. The normalized spacial score (nSPS) is 16.4. The molecule has 3 rings (SSSR count). The second kappa shape index (κ2) is 8.95. The van der Waals surface area contributed by atoms with Crippen LogP contribution in [0, 0.1) is 13.8 Å². The molecule has 2 heterocycles. The predicted molar refractivity (Wildman–Crippen MR) is 114 cm³/mol. The summed E-state index contributed by atoms with van der Waals surface area (Å²) in [5.41, 5.74) is 4.76. The van der Waals surface area contributed by atoms with Crippen molar-refractivity contribution >= 4 is 29.3 Å². The molecule has 0 N–H and O–H groups in total. The second-order valence-corrected chi connectivity index (χ2v) is 8.16. The number of rotatable bonds is 6. The van der Waals surface area contributed by atoms with Crippen LogP contribution in [0.1, 0.15) is 42.8 Å². The molecule has 0 bridgehead atoms. The van der Waals surface area contributed by atoms with E-state index in [2.05, 4.69) is 9.97 Å². The van der Waals surface area contributed by atoms with Crippen molar-refractivity contribution in [3.8, 4) is 0 Å². The van der Waals surface area contributed by atoms with E-state index in [0.717, 1.165) is 39.8 Å². The molecular formula is C22H27N3O3S. The number of hydrogen-bond donors (Lipinski definition) is 0. The van der Waals surface area contributed by atoms with E-state index in [4.69, 9.17) is 4.74 Å². The van der Waals surface area contributed by atoms with E-state index in [1.54, 1.807) is 11.8 Å². The molecule has 1 aliphatic rings. The topological polar surface area (TPSA) is 72.4 Å². The van der Waals surface area contributed by atoms with Crippen molar-refractivity contribution in [1.29, 1.82) is 0 Å². The lowest BCUT2D eigenvalue weighted by Gasteiger charge is -2.26. The Balaban J connectivity index is 1.61. The van der Waals surface area contributed by atoms with E-state index < -0.39 is 12.1 Å². The minimum atomic E-state index is -0.826. The number of para-hydroxylation sites is 1. The number of aromatic nitrogens is 2. The number of carbonyl (C=O) groups is 2. The van der Waals surface area contributed by atoms with Gasteiger partial charge in [-0.1, -0.05) is 30.0 Å². The van der Waals surface area contributed by atoms with Crippen LogP contribution in [0.2, 0.25) is 0 Å². The van der Waals surface area contributed by atoms with Gasteiger partial charge in [0.15, 0.2) is 11.3 Å². The predicted octanol–water partition coefficient (Wildman–Crippen LogP) is 3.66. The van der Waals surface area contributed by atoms with Crippen LogP contribution in [0.25, 0.3) is 0 Å². The van der Waals surface area contributed by atoms with E-state index in [-0.39, 0.29) is 18.4 Å². The lowest BCUT2D eigenvalue weighted by atomic mass is 10.1. The van der Waals surface area contributed by atoms with Crippen molar-refractivity contribution in [2.75, 3.05) is 11.2 Å². The largest absolute Gasteiger partial charge is 0.453 e. The van der Waals surface area contributed by atoms with Crippen LogP contribution in [0.4, 0.5) is 5.69 Å². The van der Waals surface area contributed by atoms with Gasteiger partial charge < -0.3 is 9.64 Å². The molecule has 1 aromatic heterocycles. The minimum Gasteiger partial charge on any atom is -0.453 e. The Morgan fingerprint density at radius 2 is 1.90 bits per heavy atom. The molecule has 0 radical (unpaired) electrons. The Hall–Kier alpha value is -2.41. The maximum Gasteiger partial charge on any atom is 0.306 e. The molecule has 154 valence electrons. The van der Waals surface area contributed by atoms with Crippen molar-refractivity contribution in [3.05, 3.63) is 46.8 Å². The lowest BCUT2D eigenvalue weighted by molar-refractivity contribution is -0.154. The fourth-order valence-corrected chi connectivity index (χ4v) is 4.25. The molecule has 2 aromatic rings. The maximum absolute atomic E-state index is 12.9. The SMILES string of the molecule is CSc1nc(C)c(CCC(=O)O[C@H](C)C(=O)N2c3ccccc3C[C@@H]2C)c(C)n1. The van der Waals surface area contributed by atoms with E-state index in [1.165, 1.54) is 11.8 Å². The molecule has 0 aliphatic carbocycles. The van der Waals surface area contributed by atoms with Gasteiger partial charge in [0.1, 0.15) is 0 Å². The van der Waals surface area contributed by atoms with Gasteiger partial charge in [-0.25, -0.2) is 9.97 Å². The number of anilines is 1. The molecule has 0 unspecified atom stereocenters. The Labute approximate surface area is 176 Å². The molecule has 7 heteroatoms. The number of aryl methyl sites for hydroxylation is 2. The van der Waals surface area contributed by atoms with Gasteiger partial charge >= 0.3 is 5.97 Å². The molecule has 1 amide bonds. The zero-order valence-electron chi connectivity index (χ0n) is 17.6. The summed E-state index contributed by atoms with van der Waals surface area (Å²) >= 11 is 1.49. The molecule has 0 saturated carbocycles. The Bertz CT molecular complexity index is 908. The second-order valence-electron chi connectivity index (χ2n) is 7.38. The number of amides is 1. The number of ether oxygens (including phenoxy) is 1. The fourth-order valence-electron chi connectivity index (χ4n) is 3.79. The molecule has 29 heavy (non-hydrogen) atoms. The van der Waals surface area contributed by atoms with Crippen LogP contribution in [0.3, 0.4) is 0 Å². The zero-order chi connectivity index (χ0) is 21.1. The van der Waals surface area contributed by atoms with Crippen LogP contribution in [0.5, 0.6) is 0 Å². The van der Waals surface area contributed by atoms with Gasteiger partial charge in [0.2, 0.25) is 0 Å². The number of fused-ring (bicyclic) bond motifs is 1. The quantitative estimate of drug-likeness (QED) is 0.409. The highest BCUT2D eigenvalue weighted by Gasteiger charge is 2.34. The summed E-state index contributed by atoms with van der Waals surface area (Å²) in [4.78, 5) is 35.9. The van der Waals surface area contributed by atoms with Crippen molar-refractivity contribution < 1.29 is 14.3 Å². The highest BCUT2D eigenvalue weighted by Crippen LogP contribution is 2.32. The van der Waals surface area contributed by atoms with E-state index in [0.29, 0.717) is 6.42 Å². The Morgan fingerprint density at radius 3 is 2.55 bits per heavy atom. The van der Waals surface area contributed by atoms with Crippen molar-refractivity contribution in [2.24, 2.45) is 0 Å². The third-order valence-electron chi connectivity index (χ3n) is 5.26. The van der Waals surface area contributed by atoms with Gasteiger partial charge in [0, 0.05) is 29.5 Å². The van der Waals surface area contributed by atoms with Crippen molar-refractivity contribution in [3.63, 3.8) is 0 Å².